The summed E-state index contributed by atoms with van der Waals surface area (Å²) in [5.41, 5.74) is -0.561. The Labute approximate surface area is 161 Å². The van der Waals surface area contributed by atoms with Gasteiger partial charge in [-0.05, 0) is 29.7 Å². The van der Waals surface area contributed by atoms with E-state index in [2.05, 4.69) is 0 Å². The van der Waals surface area contributed by atoms with E-state index in [1.165, 1.54) is 12.1 Å². The largest absolute Gasteiger partial charge is 0.489 e. The molecule has 28 heavy (non-hydrogen) atoms. The lowest BCUT2D eigenvalue weighted by Gasteiger charge is -2.29. The Morgan fingerprint density at radius 3 is 2.21 bits per heavy atom. The van der Waals surface area contributed by atoms with Crippen molar-refractivity contribution in [1.29, 1.82) is 0 Å². The molecule has 0 radical (unpaired) electrons. The molecule has 2 aromatic rings. The van der Waals surface area contributed by atoms with Crippen LogP contribution in [0.4, 0.5) is 13.2 Å². The highest BCUT2D eigenvalue weighted by Gasteiger charge is 2.46. The molecule has 3 rings (SSSR count). The van der Waals surface area contributed by atoms with Crippen molar-refractivity contribution in [2.45, 2.75) is 38.1 Å². The molecular formula is C20H19F3O4S. The lowest BCUT2D eigenvalue weighted by Crippen LogP contribution is -2.35. The summed E-state index contributed by atoms with van der Waals surface area (Å²) in [7, 11) is -3.90. The van der Waals surface area contributed by atoms with Crippen LogP contribution in [0.5, 0.6) is 0 Å². The van der Waals surface area contributed by atoms with E-state index in [0.717, 1.165) is 23.1 Å². The minimum Gasteiger partial charge on any atom is -0.489 e. The smallest absolute Gasteiger partial charge is 0.416 e. The lowest BCUT2D eigenvalue weighted by molar-refractivity contribution is -0.137. The monoisotopic (exact) mass is 412 g/mol. The van der Waals surface area contributed by atoms with Crippen LogP contribution in [-0.4, -0.2) is 14.0 Å². The standard InChI is InChI=1S/C20H19F3O4S/c1-2-19(12-15-6-4-3-5-7-15)18(14-28(24,25)27-19)26-13-16-8-10-17(11-9-16)20(21,22)23/h3-11,14H,2,12-13H2,1H3. The summed E-state index contributed by atoms with van der Waals surface area (Å²) < 4.78 is 73.2. The number of halogens is 3. The fraction of sp³-hybridized carbons (Fsp3) is 0.300. The summed E-state index contributed by atoms with van der Waals surface area (Å²) in [6.45, 7) is 1.72. The van der Waals surface area contributed by atoms with Gasteiger partial charge >= 0.3 is 6.18 Å². The van der Waals surface area contributed by atoms with Crippen molar-refractivity contribution in [1.82, 2.24) is 0 Å². The maximum atomic E-state index is 12.7. The van der Waals surface area contributed by atoms with Crippen LogP contribution in [0.15, 0.2) is 65.8 Å². The third kappa shape index (κ3) is 4.56. The summed E-state index contributed by atoms with van der Waals surface area (Å²) >= 11 is 0. The van der Waals surface area contributed by atoms with Gasteiger partial charge in [-0.25, -0.2) is 0 Å². The fourth-order valence-corrected chi connectivity index (χ4v) is 4.34. The molecular weight excluding hydrogens is 393 g/mol. The molecule has 0 fully saturated rings. The molecule has 4 nitrogen and oxygen atoms in total. The van der Waals surface area contributed by atoms with Gasteiger partial charge in [-0.1, -0.05) is 49.4 Å². The fourth-order valence-electron chi connectivity index (χ4n) is 3.04. The zero-order valence-corrected chi connectivity index (χ0v) is 15.9. The van der Waals surface area contributed by atoms with Crippen molar-refractivity contribution in [3.63, 3.8) is 0 Å². The maximum absolute atomic E-state index is 12.7. The SMILES string of the molecule is CCC1(Cc2ccccc2)OS(=O)(=O)C=C1OCc1ccc(C(F)(F)F)cc1. The van der Waals surface area contributed by atoms with E-state index in [0.29, 0.717) is 18.4 Å². The van der Waals surface area contributed by atoms with E-state index in [9.17, 15) is 21.6 Å². The zero-order valence-electron chi connectivity index (χ0n) is 15.1. The third-order valence-electron chi connectivity index (χ3n) is 4.56. The molecule has 1 aliphatic rings. The van der Waals surface area contributed by atoms with E-state index >= 15 is 0 Å². The van der Waals surface area contributed by atoms with Crippen LogP contribution >= 0.6 is 0 Å². The van der Waals surface area contributed by atoms with Gasteiger partial charge in [0.25, 0.3) is 10.1 Å². The van der Waals surface area contributed by atoms with E-state index in [1.54, 1.807) is 6.92 Å². The molecule has 1 aliphatic heterocycles. The van der Waals surface area contributed by atoms with E-state index in [-0.39, 0.29) is 12.4 Å². The summed E-state index contributed by atoms with van der Waals surface area (Å²) in [5, 5.41) is 0.948. The third-order valence-corrected chi connectivity index (χ3v) is 5.61. The Morgan fingerprint density at radius 2 is 1.64 bits per heavy atom. The van der Waals surface area contributed by atoms with Gasteiger partial charge in [-0.15, -0.1) is 0 Å². The van der Waals surface area contributed by atoms with Gasteiger partial charge in [0.15, 0.2) is 0 Å². The summed E-state index contributed by atoms with van der Waals surface area (Å²) in [6, 6.07) is 13.8. The van der Waals surface area contributed by atoms with Gasteiger partial charge in [0.05, 0.1) is 11.0 Å². The maximum Gasteiger partial charge on any atom is 0.416 e. The van der Waals surface area contributed by atoms with Crippen LogP contribution < -0.4 is 0 Å². The van der Waals surface area contributed by atoms with Gasteiger partial charge in [0.1, 0.15) is 18.0 Å². The first-order valence-electron chi connectivity index (χ1n) is 8.64. The number of benzene rings is 2. The van der Waals surface area contributed by atoms with Gasteiger partial charge in [-0.3, -0.25) is 4.18 Å². The van der Waals surface area contributed by atoms with Crippen LogP contribution in [-0.2, 0) is 38.2 Å². The first-order chi connectivity index (χ1) is 13.1. The summed E-state index contributed by atoms with van der Waals surface area (Å²) in [5.74, 6) is 0.152. The van der Waals surface area contributed by atoms with Gasteiger partial charge in [0.2, 0.25) is 0 Å². The molecule has 0 saturated carbocycles. The topological polar surface area (TPSA) is 52.6 Å². The van der Waals surface area contributed by atoms with Gasteiger partial charge < -0.3 is 4.74 Å². The molecule has 0 N–H and O–H groups in total. The first kappa shape index (κ1) is 20.4. The number of hydrogen-bond donors (Lipinski definition) is 0. The molecule has 150 valence electrons. The number of hydrogen-bond acceptors (Lipinski definition) is 4. The van der Waals surface area contributed by atoms with E-state index in [4.69, 9.17) is 8.92 Å². The van der Waals surface area contributed by atoms with Crippen LogP contribution in [0, 0.1) is 0 Å². The van der Waals surface area contributed by atoms with Gasteiger partial charge in [0, 0.05) is 6.42 Å². The zero-order chi connectivity index (χ0) is 20.4. The van der Waals surface area contributed by atoms with Crippen molar-refractivity contribution in [2.75, 3.05) is 0 Å². The molecule has 1 unspecified atom stereocenters. The van der Waals surface area contributed by atoms with Crippen molar-refractivity contribution in [3.8, 4) is 0 Å². The van der Waals surface area contributed by atoms with Crippen molar-refractivity contribution in [3.05, 3.63) is 82.5 Å². The second-order valence-electron chi connectivity index (χ2n) is 6.55. The quantitative estimate of drug-likeness (QED) is 0.639. The van der Waals surface area contributed by atoms with E-state index < -0.39 is 27.5 Å². The second-order valence-corrected chi connectivity index (χ2v) is 7.94. The predicted octanol–water partition coefficient (Wildman–Crippen LogP) is 4.81. The second kappa shape index (κ2) is 7.60. The Balaban J connectivity index is 1.79. The lowest BCUT2D eigenvalue weighted by atomic mass is 9.90. The van der Waals surface area contributed by atoms with Crippen LogP contribution in [0.3, 0.4) is 0 Å². The Hall–Kier alpha value is -2.32. The molecule has 1 heterocycles. The highest BCUT2D eigenvalue weighted by molar-refractivity contribution is 7.90. The molecule has 0 aliphatic carbocycles. The van der Waals surface area contributed by atoms with Crippen molar-refractivity contribution >= 4 is 10.1 Å². The molecule has 0 spiro atoms. The molecule has 0 bridgehead atoms. The molecule has 0 aromatic heterocycles. The normalized spacial score (nSPS) is 21.4. The van der Waals surface area contributed by atoms with Crippen molar-refractivity contribution in [2.24, 2.45) is 0 Å². The highest BCUT2D eigenvalue weighted by Crippen LogP contribution is 2.39. The van der Waals surface area contributed by atoms with Gasteiger partial charge in [-0.2, -0.15) is 21.6 Å². The van der Waals surface area contributed by atoms with Crippen LogP contribution in [0.2, 0.25) is 0 Å². The minimum atomic E-state index is -4.41. The number of ether oxygens (including phenoxy) is 1. The average molecular weight is 412 g/mol. The van der Waals surface area contributed by atoms with Crippen LogP contribution in [0.1, 0.15) is 30.0 Å². The molecule has 2 aromatic carbocycles. The predicted molar refractivity (Wildman–Crippen MR) is 97.5 cm³/mol. The molecule has 0 saturated heterocycles. The molecule has 1 atom stereocenters. The Kier molecular flexibility index (Phi) is 5.54. The van der Waals surface area contributed by atoms with Crippen LogP contribution in [0.25, 0.3) is 0 Å². The highest BCUT2D eigenvalue weighted by atomic mass is 32.2. The molecule has 0 amide bonds. The number of rotatable bonds is 6. The minimum absolute atomic E-state index is 0.0700. The Morgan fingerprint density at radius 1 is 1.00 bits per heavy atom. The average Bonchev–Trinajstić information content (AvgIpc) is 2.90. The Bertz CT molecular complexity index is 951. The summed E-state index contributed by atoms with van der Waals surface area (Å²) in [6.07, 6.45) is -3.77. The van der Waals surface area contributed by atoms with Crippen molar-refractivity contribution < 1.29 is 30.5 Å². The summed E-state index contributed by atoms with van der Waals surface area (Å²) in [4.78, 5) is 0. The first-order valence-corrected chi connectivity index (χ1v) is 10.1. The number of alkyl halides is 3. The van der Waals surface area contributed by atoms with E-state index in [1.807, 2.05) is 30.3 Å². The molecule has 8 heteroatoms.